The Hall–Kier alpha value is -3.21. The highest BCUT2D eigenvalue weighted by Gasteiger charge is 2.51. The van der Waals surface area contributed by atoms with E-state index in [4.69, 9.17) is 14.3 Å². The largest absolute Gasteiger partial charge is 0.494 e. The minimum absolute atomic E-state index is 0.365. The average molecular weight is 485 g/mol. The first kappa shape index (κ1) is 23.0. The fourth-order valence-corrected chi connectivity index (χ4v) is 6.22. The summed E-state index contributed by atoms with van der Waals surface area (Å²) >= 11 is 0. The highest BCUT2D eigenvalue weighted by Crippen LogP contribution is 2.45. The second-order valence-corrected chi connectivity index (χ2v) is 11.7. The Morgan fingerprint density at radius 1 is 0.649 bits per heavy atom. The first-order valence-electron chi connectivity index (χ1n) is 13.5. The molecule has 3 aliphatic rings. The van der Waals surface area contributed by atoms with E-state index in [9.17, 15) is 0 Å². The van der Waals surface area contributed by atoms with Gasteiger partial charge in [-0.15, -0.1) is 0 Å². The Balaban J connectivity index is 1.45. The van der Waals surface area contributed by atoms with Crippen molar-refractivity contribution < 1.29 is 9.31 Å². The first-order chi connectivity index (χ1) is 17.8. The SMILES string of the molecule is CC1(C)OB(c2cccc(-c3c4c(nc5c3CCc3ccccc3-5)-c3ccccc3CC4)c2)OC1(C)C. The van der Waals surface area contributed by atoms with Crippen LogP contribution in [0.3, 0.4) is 0 Å². The monoisotopic (exact) mass is 485 g/mol. The van der Waals surface area contributed by atoms with E-state index in [1.165, 1.54) is 44.5 Å². The lowest BCUT2D eigenvalue weighted by Gasteiger charge is -2.32. The second kappa shape index (κ2) is 8.15. The van der Waals surface area contributed by atoms with E-state index < -0.39 is 0 Å². The van der Waals surface area contributed by atoms with Crippen molar-refractivity contribution in [3.8, 4) is 33.6 Å². The highest BCUT2D eigenvalue weighted by atomic mass is 16.7. The van der Waals surface area contributed by atoms with E-state index in [1.54, 1.807) is 0 Å². The third kappa shape index (κ3) is 3.54. The molecule has 4 aromatic rings. The maximum atomic E-state index is 6.42. The van der Waals surface area contributed by atoms with E-state index >= 15 is 0 Å². The van der Waals surface area contributed by atoms with Crippen LogP contribution >= 0.6 is 0 Å². The predicted octanol–water partition coefficient (Wildman–Crippen LogP) is 6.58. The molecule has 184 valence electrons. The Morgan fingerprint density at radius 3 is 1.76 bits per heavy atom. The average Bonchev–Trinajstić information content (AvgIpc) is 3.13. The smallest absolute Gasteiger partial charge is 0.399 e. The maximum absolute atomic E-state index is 6.42. The van der Waals surface area contributed by atoms with Crippen molar-refractivity contribution in [2.24, 2.45) is 0 Å². The number of hydrogen-bond donors (Lipinski definition) is 0. The standard InChI is InChI=1S/C33H32BNO2/c1-32(2)33(3,4)37-34(36-32)24-13-9-12-23(20-24)29-27-18-16-21-10-5-7-14-25(21)30(27)35-31-26-15-8-6-11-22(26)17-19-28(29)31/h5-15,20H,16-19H2,1-4H3. The van der Waals surface area contributed by atoms with Gasteiger partial charge in [0.25, 0.3) is 0 Å². The molecule has 0 unspecified atom stereocenters. The van der Waals surface area contributed by atoms with Gasteiger partial charge in [-0.2, -0.15) is 0 Å². The molecule has 7 rings (SSSR count). The van der Waals surface area contributed by atoms with Crippen molar-refractivity contribution in [1.82, 2.24) is 4.98 Å². The summed E-state index contributed by atoms with van der Waals surface area (Å²) in [5, 5.41) is 0. The molecular weight excluding hydrogens is 453 g/mol. The summed E-state index contributed by atoms with van der Waals surface area (Å²) in [6.45, 7) is 8.45. The Kier molecular flexibility index (Phi) is 5.05. The molecule has 2 aliphatic carbocycles. The van der Waals surface area contributed by atoms with Gasteiger partial charge >= 0.3 is 7.12 Å². The van der Waals surface area contributed by atoms with Gasteiger partial charge in [-0.05, 0) is 92.2 Å². The van der Waals surface area contributed by atoms with Crippen LogP contribution in [0.2, 0.25) is 0 Å². The molecule has 1 saturated heterocycles. The number of benzene rings is 3. The quantitative estimate of drug-likeness (QED) is 0.301. The van der Waals surface area contributed by atoms with Gasteiger partial charge in [0.1, 0.15) is 0 Å². The van der Waals surface area contributed by atoms with Crippen LogP contribution in [0.15, 0.2) is 72.8 Å². The zero-order chi connectivity index (χ0) is 25.4. The molecule has 37 heavy (non-hydrogen) atoms. The molecule has 1 aliphatic heterocycles. The molecule has 0 bridgehead atoms. The van der Waals surface area contributed by atoms with Crippen LogP contribution < -0.4 is 5.46 Å². The molecule has 0 N–H and O–H groups in total. The molecule has 1 aromatic heterocycles. The van der Waals surface area contributed by atoms with Gasteiger partial charge in [-0.1, -0.05) is 72.8 Å². The summed E-state index contributed by atoms with van der Waals surface area (Å²) in [7, 11) is -0.375. The van der Waals surface area contributed by atoms with Gasteiger partial charge in [-0.3, -0.25) is 0 Å². The second-order valence-electron chi connectivity index (χ2n) is 11.7. The summed E-state index contributed by atoms with van der Waals surface area (Å²) in [5.41, 5.74) is 13.3. The highest BCUT2D eigenvalue weighted by molar-refractivity contribution is 6.62. The van der Waals surface area contributed by atoms with Gasteiger partial charge in [0, 0.05) is 11.1 Å². The molecule has 0 saturated carbocycles. The number of hydrogen-bond acceptors (Lipinski definition) is 3. The molecule has 0 spiro atoms. The fourth-order valence-electron chi connectivity index (χ4n) is 6.22. The third-order valence-electron chi connectivity index (χ3n) is 8.93. The lowest BCUT2D eigenvalue weighted by molar-refractivity contribution is 0.00578. The number of aryl methyl sites for hydroxylation is 2. The van der Waals surface area contributed by atoms with Crippen LogP contribution in [0.4, 0.5) is 0 Å². The Morgan fingerprint density at radius 2 is 1.19 bits per heavy atom. The molecule has 0 amide bonds. The van der Waals surface area contributed by atoms with Crippen molar-refractivity contribution in [2.45, 2.75) is 64.6 Å². The zero-order valence-corrected chi connectivity index (χ0v) is 22.1. The minimum atomic E-state index is -0.375. The molecule has 0 radical (unpaired) electrons. The first-order valence-corrected chi connectivity index (χ1v) is 13.5. The van der Waals surface area contributed by atoms with Crippen LogP contribution in [0.1, 0.15) is 49.9 Å². The van der Waals surface area contributed by atoms with Gasteiger partial charge in [0.15, 0.2) is 0 Å². The lowest BCUT2D eigenvalue weighted by atomic mass is 9.75. The summed E-state index contributed by atoms with van der Waals surface area (Å²) in [6, 6.07) is 26.4. The van der Waals surface area contributed by atoms with Gasteiger partial charge < -0.3 is 9.31 Å². The zero-order valence-electron chi connectivity index (χ0n) is 22.1. The number of nitrogens with zero attached hydrogens (tertiary/aromatic N) is 1. The molecule has 1 fully saturated rings. The van der Waals surface area contributed by atoms with Crippen molar-refractivity contribution >= 4 is 12.6 Å². The van der Waals surface area contributed by atoms with Crippen LogP contribution in [0, 0.1) is 0 Å². The van der Waals surface area contributed by atoms with Crippen molar-refractivity contribution in [3.05, 3.63) is 95.1 Å². The summed E-state index contributed by atoms with van der Waals surface area (Å²) in [5.74, 6) is 0. The molecule has 4 heteroatoms. The van der Waals surface area contributed by atoms with Crippen molar-refractivity contribution in [1.29, 1.82) is 0 Å². The van der Waals surface area contributed by atoms with Gasteiger partial charge in [0.2, 0.25) is 0 Å². The van der Waals surface area contributed by atoms with Crippen LogP contribution in [-0.2, 0) is 35.0 Å². The molecule has 2 heterocycles. The van der Waals surface area contributed by atoms with E-state index in [0.717, 1.165) is 42.5 Å². The topological polar surface area (TPSA) is 31.4 Å². The fraction of sp³-hybridized carbons (Fsp3) is 0.303. The number of rotatable bonds is 2. The Labute approximate surface area is 220 Å². The van der Waals surface area contributed by atoms with Gasteiger partial charge in [0.05, 0.1) is 22.6 Å². The van der Waals surface area contributed by atoms with E-state index in [2.05, 4.69) is 100 Å². The van der Waals surface area contributed by atoms with Crippen LogP contribution in [-0.4, -0.2) is 23.3 Å². The summed E-state index contributed by atoms with van der Waals surface area (Å²) in [4.78, 5) is 5.41. The van der Waals surface area contributed by atoms with E-state index in [-0.39, 0.29) is 18.3 Å². The van der Waals surface area contributed by atoms with Crippen LogP contribution in [0.25, 0.3) is 33.6 Å². The molecule has 3 nitrogen and oxygen atoms in total. The lowest BCUT2D eigenvalue weighted by Crippen LogP contribution is -2.41. The predicted molar refractivity (Wildman–Crippen MR) is 151 cm³/mol. The van der Waals surface area contributed by atoms with Crippen molar-refractivity contribution in [3.63, 3.8) is 0 Å². The van der Waals surface area contributed by atoms with Gasteiger partial charge in [-0.25, -0.2) is 4.98 Å². The normalized spacial score (nSPS) is 18.5. The van der Waals surface area contributed by atoms with Crippen molar-refractivity contribution in [2.75, 3.05) is 0 Å². The maximum Gasteiger partial charge on any atom is 0.494 e. The number of pyridine rings is 1. The third-order valence-corrected chi connectivity index (χ3v) is 8.93. The van der Waals surface area contributed by atoms with Crippen LogP contribution in [0.5, 0.6) is 0 Å². The Bertz CT molecular complexity index is 1460. The summed E-state index contributed by atoms with van der Waals surface area (Å²) < 4.78 is 12.8. The minimum Gasteiger partial charge on any atom is -0.399 e. The van der Waals surface area contributed by atoms with E-state index in [0.29, 0.717) is 0 Å². The van der Waals surface area contributed by atoms with E-state index in [1.807, 2.05) is 0 Å². The molecule has 3 aromatic carbocycles. The molecular formula is C33H32BNO2. The molecule has 0 atom stereocenters. The number of fused-ring (bicyclic) bond motifs is 6. The summed E-state index contributed by atoms with van der Waals surface area (Å²) in [6.07, 6.45) is 4.10. The number of aromatic nitrogens is 1.